The first-order chi connectivity index (χ1) is 5.93. The summed E-state index contributed by atoms with van der Waals surface area (Å²) in [5, 5.41) is 18.8. The second-order valence-electron chi connectivity index (χ2n) is 2.39. The zero-order valence-electron chi connectivity index (χ0n) is 6.82. The Balaban J connectivity index is 4.02. The van der Waals surface area contributed by atoms with Crippen LogP contribution < -0.4 is 5.32 Å². The van der Waals surface area contributed by atoms with Crippen molar-refractivity contribution in [3.8, 4) is 0 Å². The molecule has 13 heavy (non-hydrogen) atoms. The molecule has 0 aromatic carbocycles. The van der Waals surface area contributed by atoms with E-state index in [-0.39, 0.29) is 12.8 Å². The van der Waals surface area contributed by atoms with Gasteiger partial charge in [0.1, 0.15) is 6.04 Å². The largest absolute Gasteiger partial charge is 0.481 e. The van der Waals surface area contributed by atoms with E-state index in [0.29, 0.717) is 0 Å². The molecule has 0 spiro atoms. The van der Waals surface area contributed by atoms with Crippen LogP contribution in [0.5, 0.6) is 0 Å². The first-order valence-electron chi connectivity index (χ1n) is 3.50. The normalized spacial score (nSPS) is 11.8. The summed E-state index contributed by atoms with van der Waals surface area (Å²) in [5.74, 6) is -3.11. The van der Waals surface area contributed by atoms with Crippen molar-refractivity contribution in [2.24, 2.45) is 0 Å². The maximum Gasteiger partial charge on any atom is 0.326 e. The van der Waals surface area contributed by atoms with Crippen molar-refractivity contribution in [2.75, 3.05) is 0 Å². The van der Waals surface area contributed by atoms with E-state index >= 15 is 0 Å². The Morgan fingerprint density at radius 2 is 1.85 bits per heavy atom. The van der Waals surface area contributed by atoms with Gasteiger partial charge in [-0.05, 0) is 6.42 Å². The lowest BCUT2D eigenvalue weighted by molar-refractivity contribution is -0.142. The van der Waals surface area contributed by atoms with Gasteiger partial charge in [-0.15, -0.1) is 0 Å². The molecule has 0 bridgehead atoms. The number of carbonyl (C=O) groups is 3. The number of rotatable bonds is 5. The van der Waals surface area contributed by atoms with Crippen LogP contribution in [0.1, 0.15) is 12.8 Å². The van der Waals surface area contributed by atoms with Gasteiger partial charge in [-0.1, -0.05) is 0 Å². The summed E-state index contributed by atoms with van der Waals surface area (Å²) in [7, 11) is 0. The van der Waals surface area contributed by atoms with Crippen LogP contribution in [0.25, 0.3) is 0 Å². The Hall–Kier alpha value is -1.59. The van der Waals surface area contributed by atoms with Crippen molar-refractivity contribution in [1.82, 2.24) is 5.32 Å². The lowest BCUT2D eigenvalue weighted by Crippen LogP contribution is -2.39. The van der Waals surface area contributed by atoms with E-state index in [1.54, 1.807) is 0 Å². The fourth-order valence-corrected chi connectivity index (χ4v) is 0.720. The first-order valence-corrected chi connectivity index (χ1v) is 3.50. The van der Waals surface area contributed by atoms with Crippen LogP contribution in [0.2, 0.25) is 0 Å². The summed E-state index contributed by atoms with van der Waals surface area (Å²) >= 11 is 0. The SMILES string of the molecule is [CH2]C(=O)NC(CCC(=O)O)C(=O)O. The molecule has 0 saturated carbocycles. The number of aliphatic carboxylic acids is 2. The second-order valence-corrected chi connectivity index (χ2v) is 2.39. The molecule has 1 radical (unpaired) electrons. The van der Waals surface area contributed by atoms with Crippen molar-refractivity contribution >= 4 is 17.8 Å². The highest BCUT2D eigenvalue weighted by molar-refractivity contribution is 5.86. The first kappa shape index (κ1) is 11.4. The Bertz CT molecular complexity index is 225. The molecule has 0 heterocycles. The molecule has 0 aromatic heterocycles. The molecule has 0 aliphatic carbocycles. The second kappa shape index (κ2) is 5.13. The predicted molar refractivity (Wildman–Crippen MR) is 41.8 cm³/mol. The summed E-state index contributed by atoms with van der Waals surface area (Å²) in [4.78, 5) is 30.9. The molecule has 1 unspecified atom stereocenters. The van der Waals surface area contributed by atoms with Gasteiger partial charge in [-0.3, -0.25) is 9.59 Å². The molecule has 1 atom stereocenters. The number of carbonyl (C=O) groups excluding carboxylic acids is 1. The Labute approximate surface area is 74.6 Å². The van der Waals surface area contributed by atoms with Gasteiger partial charge >= 0.3 is 11.9 Å². The monoisotopic (exact) mass is 188 g/mol. The Morgan fingerprint density at radius 3 is 2.15 bits per heavy atom. The predicted octanol–water partition coefficient (Wildman–Crippen LogP) is -0.745. The average Bonchev–Trinajstić information content (AvgIpc) is 1.96. The van der Waals surface area contributed by atoms with Gasteiger partial charge in [-0.2, -0.15) is 0 Å². The van der Waals surface area contributed by atoms with Gasteiger partial charge in [0.2, 0.25) is 5.91 Å². The summed E-state index contributed by atoms with van der Waals surface area (Å²) in [6.07, 6.45) is -0.455. The zero-order valence-corrected chi connectivity index (χ0v) is 6.82. The molecule has 6 heteroatoms. The summed E-state index contributed by atoms with van der Waals surface area (Å²) in [6.45, 7) is 2.93. The molecule has 0 saturated heterocycles. The maximum absolute atomic E-state index is 10.4. The summed E-state index contributed by atoms with van der Waals surface area (Å²) < 4.78 is 0. The highest BCUT2D eigenvalue weighted by Gasteiger charge is 2.18. The summed E-state index contributed by atoms with van der Waals surface area (Å²) in [6, 6.07) is -1.18. The Kier molecular flexibility index (Phi) is 4.50. The molecule has 0 aliphatic heterocycles. The van der Waals surface area contributed by atoms with Crippen LogP contribution in [0, 0.1) is 6.92 Å². The van der Waals surface area contributed by atoms with Crippen LogP contribution in [-0.2, 0) is 14.4 Å². The van der Waals surface area contributed by atoms with Gasteiger partial charge in [0.05, 0.1) is 0 Å². The topological polar surface area (TPSA) is 104 Å². The number of hydrogen-bond donors (Lipinski definition) is 3. The molecule has 6 nitrogen and oxygen atoms in total. The highest BCUT2D eigenvalue weighted by atomic mass is 16.4. The highest BCUT2D eigenvalue weighted by Crippen LogP contribution is 1.97. The fraction of sp³-hybridized carbons (Fsp3) is 0.429. The van der Waals surface area contributed by atoms with Crippen molar-refractivity contribution in [2.45, 2.75) is 18.9 Å². The molecular weight excluding hydrogens is 178 g/mol. The molecule has 73 valence electrons. The van der Waals surface area contributed by atoms with Crippen LogP contribution in [-0.4, -0.2) is 34.1 Å². The van der Waals surface area contributed by atoms with Crippen LogP contribution in [0.4, 0.5) is 0 Å². The van der Waals surface area contributed by atoms with Gasteiger partial charge in [0, 0.05) is 13.3 Å². The van der Waals surface area contributed by atoms with Crippen LogP contribution >= 0.6 is 0 Å². The van der Waals surface area contributed by atoms with Crippen molar-refractivity contribution < 1.29 is 24.6 Å². The standard InChI is InChI=1S/C7H10NO5/c1-4(9)8-5(7(12)13)2-3-6(10)11/h5H,1-3H2,(H,8,9)(H,10,11)(H,12,13). The molecule has 0 aromatic rings. The smallest absolute Gasteiger partial charge is 0.326 e. The molecule has 0 aliphatic rings. The average molecular weight is 188 g/mol. The van der Waals surface area contributed by atoms with E-state index in [0.717, 1.165) is 0 Å². The molecule has 1 amide bonds. The molecule has 3 N–H and O–H groups in total. The minimum Gasteiger partial charge on any atom is -0.481 e. The number of nitrogens with one attached hydrogen (secondary N) is 1. The van der Waals surface area contributed by atoms with Gasteiger partial charge < -0.3 is 15.5 Å². The number of carboxylic acid groups (broad SMARTS) is 2. The quantitative estimate of drug-likeness (QED) is 0.526. The number of amides is 1. The van der Waals surface area contributed by atoms with E-state index in [4.69, 9.17) is 10.2 Å². The molecule has 0 rings (SSSR count). The summed E-state index contributed by atoms with van der Waals surface area (Å²) in [5.41, 5.74) is 0. The lowest BCUT2D eigenvalue weighted by atomic mass is 10.1. The van der Waals surface area contributed by atoms with E-state index in [2.05, 4.69) is 6.92 Å². The third-order valence-corrected chi connectivity index (χ3v) is 1.28. The van der Waals surface area contributed by atoms with Crippen LogP contribution in [0.15, 0.2) is 0 Å². The molecule has 0 fully saturated rings. The van der Waals surface area contributed by atoms with E-state index in [1.807, 2.05) is 5.32 Å². The van der Waals surface area contributed by atoms with E-state index < -0.39 is 23.9 Å². The number of hydrogen-bond acceptors (Lipinski definition) is 3. The fourth-order valence-electron chi connectivity index (χ4n) is 0.720. The van der Waals surface area contributed by atoms with Crippen molar-refractivity contribution in [3.63, 3.8) is 0 Å². The van der Waals surface area contributed by atoms with Crippen molar-refractivity contribution in [1.29, 1.82) is 0 Å². The third-order valence-electron chi connectivity index (χ3n) is 1.28. The van der Waals surface area contributed by atoms with Crippen LogP contribution in [0.3, 0.4) is 0 Å². The van der Waals surface area contributed by atoms with Crippen molar-refractivity contribution in [3.05, 3.63) is 6.92 Å². The zero-order chi connectivity index (χ0) is 10.4. The third kappa shape index (κ3) is 5.66. The van der Waals surface area contributed by atoms with E-state index in [1.165, 1.54) is 0 Å². The van der Waals surface area contributed by atoms with E-state index in [9.17, 15) is 14.4 Å². The molecular formula is C7H10NO5. The minimum absolute atomic E-state index is 0.147. The minimum atomic E-state index is -1.27. The Morgan fingerprint density at radius 1 is 1.31 bits per heavy atom. The lowest BCUT2D eigenvalue weighted by Gasteiger charge is -2.10. The van der Waals surface area contributed by atoms with Gasteiger partial charge in [-0.25, -0.2) is 4.79 Å². The maximum atomic E-state index is 10.4. The number of carboxylic acids is 2. The van der Waals surface area contributed by atoms with Gasteiger partial charge in [0.25, 0.3) is 0 Å². The van der Waals surface area contributed by atoms with Gasteiger partial charge in [0.15, 0.2) is 0 Å².